The van der Waals surface area contributed by atoms with Gasteiger partial charge in [-0.2, -0.15) is 0 Å². The molecule has 0 spiro atoms. The fourth-order valence-corrected chi connectivity index (χ4v) is 6.96. The van der Waals surface area contributed by atoms with Crippen molar-refractivity contribution in [1.29, 1.82) is 0 Å². The summed E-state index contributed by atoms with van der Waals surface area (Å²) in [4.78, 5) is 32.9. The number of carbonyl (C=O) groups excluding carboxylic acids is 1. The van der Waals surface area contributed by atoms with Gasteiger partial charge in [0.15, 0.2) is 16.3 Å². The monoisotopic (exact) mass is 720 g/mol. The van der Waals surface area contributed by atoms with Gasteiger partial charge in [0.05, 0.1) is 45.2 Å². The van der Waals surface area contributed by atoms with Crippen LogP contribution < -0.4 is 29.1 Å². The molecule has 0 bridgehead atoms. The van der Waals surface area contributed by atoms with Gasteiger partial charge in [-0.3, -0.25) is 9.36 Å². The first-order valence-electron chi connectivity index (χ1n) is 16.0. The molecule has 11 heteroatoms. The minimum Gasteiger partial charge on any atom is -0.491 e. The van der Waals surface area contributed by atoms with Gasteiger partial charge in [-0.15, -0.1) is 6.58 Å². The Bertz CT molecular complexity index is 2100. The number of carbonyl (C=O) groups is 1. The molecule has 2 heterocycles. The highest BCUT2D eigenvalue weighted by Crippen LogP contribution is 2.37. The van der Waals surface area contributed by atoms with Crippen LogP contribution in [0.1, 0.15) is 62.9 Å². The highest BCUT2D eigenvalue weighted by Gasteiger charge is 2.35. The molecule has 49 heavy (non-hydrogen) atoms. The Kier molecular flexibility index (Phi) is 11.7. The van der Waals surface area contributed by atoms with Crippen LogP contribution in [0.3, 0.4) is 0 Å². The molecule has 3 aromatic carbocycles. The molecule has 1 aromatic heterocycles. The second kappa shape index (κ2) is 15.9. The Morgan fingerprint density at radius 3 is 2.51 bits per heavy atom. The molecule has 1 aliphatic heterocycles. The lowest BCUT2D eigenvalue weighted by molar-refractivity contribution is -0.139. The number of halogens is 2. The van der Waals surface area contributed by atoms with Gasteiger partial charge in [0.1, 0.15) is 18.4 Å². The molecular formula is C38H38Cl2N2O6S. The highest BCUT2D eigenvalue weighted by atomic mass is 35.5. The van der Waals surface area contributed by atoms with Gasteiger partial charge in [0, 0.05) is 11.1 Å². The van der Waals surface area contributed by atoms with Crippen LogP contribution in [0.15, 0.2) is 88.3 Å². The number of thiazole rings is 1. The van der Waals surface area contributed by atoms with Crippen LogP contribution in [0.2, 0.25) is 10.0 Å². The van der Waals surface area contributed by atoms with Crippen molar-refractivity contribution in [2.75, 3.05) is 13.2 Å². The molecule has 1 aliphatic rings. The fraction of sp³-hybridized carbons (Fsp3) is 0.289. The fourth-order valence-electron chi connectivity index (χ4n) is 5.59. The first-order chi connectivity index (χ1) is 23.6. The number of allylic oxidation sites excluding steroid dienone is 2. The van der Waals surface area contributed by atoms with Gasteiger partial charge in [-0.05, 0) is 88.6 Å². The summed E-state index contributed by atoms with van der Waals surface area (Å²) in [5.41, 5.74) is 3.54. The van der Waals surface area contributed by atoms with Gasteiger partial charge in [-0.25, -0.2) is 9.79 Å². The standard InChI is InChI=1S/C38H38Cl2N2O6S/c1-7-12-26-17-25(19-31(45-8-2)35(26)47-21-24-15-16-28(39)29(40)18-24)20-32-36(43)42-34(27-13-10-11-14-30(27)48-22(4)5)33(37(44)46-9-3)23(6)41-38(42)49-32/h7,10-11,13-20,22,34H,1,8-9,12,21H2,2-6H3/b32-20+/t34-/m0/s1. The summed E-state index contributed by atoms with van der Waals surface area (Å²) < 4.78 is 25.9. The van der Waals surface area contributed by atoms with Crippen LogP contribution in [0, 0.1) is 0 Å². The molecule has 0 saturated carbocycles. The Morgan fingerprint density at radius 2 is 1.82 bits per heavy atom. The maximum Gasteiger partial charge on any atom is 0.338 e. The van der Waals surface area contributed by atoms with Gasteiger partial charge in [0.2, 0.25) is 0 Å². The second-order valence-electron chi connectivity index (χ2n) is 11.5. The number of fused-ring (bicyclic) bond motifs is 1. The molecule has 8 nitrogen and oxygen atoms in total. The number of nitrogens with zero attached hydrogens (tertiary/aromatic N) is 2. The smallest absolute Gasteiger partial charge is 0.338 e. The minimum absolute atomic E-state index is 0.131. The van der Waals surface area contributed by atoms with Crippen molar-refractivity contribution in [3.63, 3.8) is 0 Å². The second-order valence-corrected chi connectivity index (χ2v) is 13.3. The van der Waals surface area contributed by atoms with Gasteiger partial charge in [0.25, 0.3) is 5.56 Å². The number of hydrogen-bond acceptors (Lipinski definition) is 8. The number of benzene rings is 3. The third-order valence-corrected chi connectivity index (χ3v) is 9.30. The summed E-state index contributed by atoms with van der Waals surface area (Å²) in [6.45, 7) is 14.0. The first-order valence-corrected chi connectivity index (χ1v) is 17.6. The van der Waals surface area contributed by atoms with Crippen molar-refractivity contribution in [2.45, 2.75) is 59.8 Å². The van der Waals surface area contributed by atoms with Crippen molar-refractivity contribution in [3.8, 4) is 17.2 Å². The van der Waals surface area contributed by atoms with Crippen LogP contribution in [0.25, 0.3) is 6.08 Å². The number of rotatable bonds is 13. The lowest BCUT2D eigenvalue weighted by Crippen LogP contribution is -2.40. The summed E-state index contributed by atoms with van der Waals surface area (Å²) >= 11 is 13.6. The van der Waals surface area contributed by atoms with E-state index in [1.54, 1.807) is 42.7 Å². The van der Waals surface area contributed by atoms with Crippen LogP contribution in [0.5, 0.6) is 17.2 Å². The number of hydrogen-bond donors (Lipinski definition) is 0. The zero-order chi connectivity index (χ0) is 35.2. The zero-order valence-corrected chi connectivity index (χ0v) is 30.4. The molecule has 0 unspecified atom stereocenters. The molecule has 0 saturated heterocycles. The SMILES string of the molecule is C=CCc1cc(/C=c2/sc3n(c2=O)[C@@H](c2ccccc2OC(C)C)C(C(=O)OCC)=C(C)N=3)cc(OCC)c1OCc1ccc(Cl)c(Cl)c1. The molecule has 0 N–H and O–H groups in total. The molecule has 256 valence electrons. The van der Waals surface area contributed by atoms with Gasteiger partial charge < -0.3 is 18.9 Å². The molecule has 0 amide bonds. The van der Waals surface area contributed by atoms with E-state index in [-0.39, 0.29) is 30.5 Å². The summed E-state index contributed by atoms with van der Waals surface area (Å²) in [6.07, 6.45) is 3.95. The summed E-state index contributed by atoms with van der Waals surface area (Å²) in [5, 5.41) is 0.910. The Labute approximate surface area is 299 Å². The van der Waals surface area contributed by atoms with E-state index in [4.69, 9.17) is 47.1 Å². The Balaban J connectivity index is 1.64. The van der Waals surface area contributed by atoms with E-state index in [2.05, 4.69) is 6.58 Å². The normalized spacial score (nSPS) is 14.4. The lowest BCUT2D eigenvalue weighted by Gasteiger charge is -2.26. The molecular weight excluding hydrogens is 683 g/mol. The average molecular weight is 722 g/mol. The van der Waals surface area contributed by atoms with Crippen LogP contribution in [-0.4, -0.2) is 29.9 Å². The lowest BCUT2D eigenvalue weighted by atomic mass is 9.95. The third-order valence-electron chi connectivity index (χ3n) is 7.58. The number of para-hydroxylation sites is 1. The van der Waals surface area contributed by atoms with Gasteiger partial charge >= 0.3 is 5.97 Å². The number of ether oxygens (including phenoxy) is 4. The van der Waals surface area contributed by atoms with Gasteiger partial charge in [-0.1, -0.05) is 64.9 Å². The molecule has 0 radical (unpaired) electrons. The zero-order valence-electron chi connectivity index (χ0n) is 28.0. The molecule has 0 aliphatic carbocycles. The van der Waals surface area contributed by atoms with E-state index in [0.717, 1.165) is 16.7 Å². The van der Waals surface area contributed by atoms with E-state index < -0.39 is 12.0 Å². The summed E-state index contributed by atoms with van der Waals surface area (Å²) in [7, 11) is 0. The topological polar surface area (TPSA) is 88.4 Å². The maximum absolute atomic E-state index is 14.3. The van der Waals surface area contributed by atoms with E-state index in [1.807, 2.05) is 63.2 Å². The van der Waals surface area contributed by atoms with E-state index >= 15 is 0 Å². The van der Waals surface area contributed by atoms with Crippen LogP contribution in [-0.2, 0) is 22.6 Å². The van der Waals surface area contributed by atoms with E-state index in [1.165, 1.54) is 11.3 Å². The van der Waals surface area contributed by atoms with E-state index in [0.29, 0.717) is 60.9 Å². The average Bonchev–Trinajstić information content (AvgIpc) is 3.35. The first kappa shape index (κ1) is 36.0. The number of aromatic nitrogens is 1. The summed E-state index contributed by atoms with van der Waals surface area (Å²) in [6, 6.07) is 15.8. The quantitative estimate of drug-likeness (QED) is 0.104. The van der Waals surface area contributed by atoms with Crippen molar-refractivity contribution < 1.29 is 23.7 Å². The summed E-state index contributed by atoms with van der Waals surface area (Å²) in [5.74, 6) is 1.14. The number of esters is 1. The Morgan fingerprint density at radius 1 is 1.04 bits per heavy atom. The predicted octanol–water partition coefficient (Wildman–Crippen LogP) is 7.60. The molecule has 0 fully saturated rings. The molecule has 5 rings (SSSR count). The third kappa shape index (κ3) is 7.96. The van der Waals surface area contributed by atoms with Crippen molar-refractivity contribution in [2.24, 2.45) is 4.99 Å². The minimum atomic E-state index is -0.806. The Hall–Kier alpha value is -4.31. The predicted molar refractivity (Wildman–Crippen MR) is 195 cm³/mol. The maximum atomic E-state index is 14.3. The largest absolute Gasteiger partial charge is 0.491 e. The van der Waals surface area contributed by atoms with Crippen molar-refractivity contribution in [3.05, 3.63) is 131 Å². The molecule has 4 aromatic rings. The van der Waals surface area contributed by atoms with Crippen LogP contribution >= 0.6 is 34.5 Å². The van der Waals surface area contributed by atoms with E-state index in [9.17, 15) is 9.59 Å². The van der Waals surface area contributed by atoms with Crippen molar-refractivity contribution >= 4 is 46.6 Å². The van der Waals surface area contributed by atoms with Crippen molar-refractivity contribution in [1.82, 2.24) is 4.57 Å². The highest BCUT2D eigenvalue weighted by molar-refractivity contribution is 7.07. The molecule has 1 atom stereocenters. The van der Waals surface area contributed by atoms with Crippen LogP contribution in [0.4, 0.5) is 0 Å².